The van der Waals surface area contributed by atoms with Crippen LogP contribution in [0.4, 0.5) is 11.5 Å². The predicted octanol–water partition coefficient (Wildman–Crippen LogP) is 3.66. The highest BCUT2D eigenvalue weighted by molar-refractivity contribution is 14.1. The van der Waals surface area contributed by atoms with Crippen LogP contribution in [0.15, 0.2) is 36.4 Å². The van der Waals surface area contributed by atoms with E-state index in [1.54, 1.807) is 17.0 Å². The third kappa shape index (κ3) is 3.83. The van der Waals surface area contributed by atoms with Gasteiger partial charge in [-0.25, -0.2) is 4.98 Å². The molecule has 2 aromatic rings. The number of pyridine rings is 1. The number of halogens is 2. The van der Waals surface area contributed by atoms with Crippen molar-refractivity contribution in [1.29, 1.82) is 0 Å². The van der Waals surface area contributed by atoms with Crippen molar-refractivity contribution in [3.05, 3.63) is 50.7 Å². The van der Waals surface area contributed by atoms with Crippen LogP contribution < -0.4 is 10.2 Å². The minimum absolute atomic E-state index is 0.210. The summed E-state index contributed by atoms with van der Waals surface area (Å²) in [4.78, 5) is 18.2. The normalized spacial score (nSPS) is 10.2. The Balaban J connectivity index is 2.22. The van der Waals surface area contributed by atoms with Crippen LogP contribution in [0, 0.1) is 3.57 Å². The third-order valence-electron chi connectivity index (χ3n) is 2.60. The van der Waals surface area contributed by atoms with Crippen molar-refractivity contribution in [1.82, 2.24) is 4.98 Å². The van der Waals surface area contributed by atoms with E-state index in [1.165, 1.54) is 0 Å². The van der Waals surface area contributed by atoms with Crippen LogP contribution in [-0.2, 0) is 0 Å². The third-order valence-corrected chi connectivity index (χ3v) is 3.52. The second-order valence-corrected chi connectivity index (χ2v) is 6.03. The van der Waals surface area contributed by atoms with Gasteiger partial charge in [0, 0.05) is 28.9 Å². The van der Waals surface area contributed by atoms with Crippen LogP contribution in [0.5, 0.6) is 0 Å². The highest BCUT2D eigenvalue weighted by Gasteiger charge is 2.10. The molecule has 0 bridgehead atoms. The van der Waals surface area contributed by atoms with Crippen LogP contribution >= 0.6 is 34.2 Å². The van der Waals surface area contributed by atoms with Crippen molar-refractivity contribution in [3.8, 4) is 0 Å². The Labute approximate surface area is 136 Å². The van der Waals surface area contributed by atoms with Gasteiger partial charge in [-0.3, -0.25) is 4.79 Å². The van der Waals surface area contributed by atoms with Gasteiger partial charge in [-0.2, -0.15) is 0 Å². The first-order chi connectivity index (χ1) is 9.45. The van der Waals surface area contributed by atoms with Crippen molar-refractivity contribution in [3.63, 3.8) is 0 Å². The molecular formula is C14H13ClIN3O. The standard InChI is InChI=1S/C14H13ClIN3O/c1-19(2)13-8-9(7-12(15)18-13)14(20)17-11-5-3-10(16)4-6-11/h3-8H,1-2H3,(H,17,20). The zero-order valence-electron chi connectivity index (χ0n) is 11.0. The van der Waals surface area contributed by atoms with Crippen molar-refractivity contribution >= 4 is 51.6 Å². The van der Waals surface area contributed by atoms with Gasteiger partial charge in [-0.1, -0.05) is 11.6 Å². The second-order valence-electron chi connectivity index (χ2n) is 4.39. The van der Waals surface area contributed by atoms with Gasteiger partial charge >= 0.3 is 0 Å². The Hall–Kier alpha value is -1.34. The van der Waals surface area contributed by atoms with Crippen LogP contribution in [0.25, 0.3) is 0 Å². The SMILES string of the molecule is CN(C)c1cc(C(=O)Nc2ccc(I)cc2)cc(Cl)n1. The molecule has 1 N–H and O–H groups in total. The van der Waals surface area contributed by atoms with Gasteiger partial charge in [-0.05, 0) is 59.0 Å². The molecule has 1 aromatic heterocycles. The van der Waals surface area contributed by atoms with Gasteiger partial charge in [0.2, 0.25) is 0 Å². The van der Waals surface area contributed by atoms with Gasteiger partial charge in [0.1, 0.15) is 11.0 Å². The molecule has 6 heteroatoms. The molecule has 1 heterocycles. The zero-order valence-corrected chi connectivity index (χ0v) is 13.9. The zero-order chi connectivity index (χ0) is 14.7. The lowest BCUT2D eigenvalue weighted by Crippen LogP contribution is -2.15. The summed E-state index contributed by atoms with van der Waals surface area (Å²) in [6, 6.07) is 10.8. The number of benzene rings is 1. The molecule has 0 unspecified atom stereocenters. The maximum atomic E-state index is 12.2. The van der Waals surface area contributed by atoms with E-state index >= 15 is 0 Å². The van der Waals surface area contributed by atoms with Gasteiger partial charge < -0.3 is 10.2 Å². The smallest absolute Gasteiger partial charge is 0.255 e. The molecule has 0 radical (unpaired) electrons. The highest BCUT2D eigenvalue weighted by atomic mass is 127. The average molecular weight is 402 g/mol. The highest BCUT2D eigenvalue weighted by Crippen LogP contribution is 2.18. The number of hydrogen-bond donors (Lipinski definition) is 1. The monoisotopic (exact) mass is 401 g/mol. The lowest BCUT2D eigenvalue weighted by molar-refractivity contribution is 0.102. The van der Waals surface area contributed by atoms with Crippen molar-refractivity contribution in [2.75, 3.05) is 24.3 Å². The fraction of sp³-hybridized carbons (Fsp3) is 0.143. The minimum atomic E-state index is -0.210. The number of aromatic nitrogens is 1. The van der Waals surface area contributed by atoms with Gasteiger partial charge in [-0.15, -0.1) is 0 Å². The lowest BCUT2D eigenvalue weighted by Gasteiger charge is -2.13. The maximum Gasteiger partial charge on any atom is 0.255 e. The molecular weight excluding hydrogens is 389 g/mol. The lowest BCUT2D eigenvalue weighted by atomic mass is 10.2. The van der Waals surface area contributed by atoms with E-state index in [-0.39, 0.29) is 5.91 Å². The van der Waals surface area contributed by atoms with E-state index in [0.29, 0.717) is 16.5 Å². The Kier molecular flexibility index (Phi) is 4.82. The first-order valence-corrected chi connectivity index (χ1v) is 7.33. The summed E-state index contributed by atoms with van der Waals surface area (Å²) >= 11 is 8.16. The molecule has 1 amide bonds. The largest absolute Gasteiger partial charge is 0.363 e. The van der Waals surface area contributed by atoms with Gasteiger partial charge in [0.25, 0.3) is 5.91 Å². The fourth-order valence-corrected chi connectivity index (χ4v) is 2.14. The number of carbonyl (C=O) groups is 1. The van der Waals surface area contributed by atoms with Crippen LogP contribution in [0.3, 0.4) is 0 Å². The van der Waals surface area contributed by atoms with E-state index in [4.69, 9.17) is 11.6 Å². The quantitative estimate of drug-likeness (QED) is 0.631. The molecule has 0 aliphatic rings. The summed E-state index contributed by atoms with van der Waals surface area (Å²) in [5.41, 5.74) is 1.22. The fourth-order valence-electron chi connectivity index (χ4n) is 1.58. The summed E-state index contributed by atoms with van der Waals surface area (Å²) in [5, 5.41) is 3.13. The molecule has 0 fully saturated rings. The molecule has 0 spiro atoms. The molecule has 0 aliphatic heterocycles. The van der Waals surface area contributed by atoms with Crippen molar-refractivity contribution in [2.24, 2.45) is 0 Å². The van der Waals surface area contributed by atoms with Crippen LogP contribution in [0.1, 0.15) is 10.4 Å². The second kappa shape index (κ2) is 6.41. The van der Waals surface area contributed by atoms with E-state index in [2.05, 4.69) is 32.9 Å². The number of amides is 1. The van der Waals surface area contributed by atoms with E-state index < -0.39 is 0 Å². The number of nitrogens with zero attached hydrogens (tertiary/aromatic N) is 2. The molecule has 0 saturated carbocycles. The van der Waals surface area contributed by atoms with Gasteiger partial charge in [0.05, 0.1) is 0 Å². The Morgan fingerprint density at radius 2 is 1.90 bits per heavy atom. The number of rotatable bonds is 3. The van der Waals surface area contributed by atoms with Gasteiger partial charge in [0.15, 0.2) is 0 Å². The molecule has 104 valence electrons. The average Bonchev–Trinajstić information content (AvgIpc) is 2.40. The number of carbonyl (C=O) groups excluding carboxylic acids is 1. The summed E-state index contributed by atoms with van der Waals surface area (Å²) in [5.74, 6) is 0.434. The summed E-state index contributed by atoms with van der Waals surface area (Å²) < 4.78 is 1.11. The summed E-state index contributed by atoms with van der Waals surface area (Å²) in [7, 11) is 3.69. The molecule has 4 nitrogen and oxygen atoms in total. The molecule has 20 heavy (non-hydrogen) atoms. The Bertz CT molecular complexity index is 629. The number of hydrogen-bond acceptors (Lipinski definition) is 3. The first-order valence-electron chi connectivity index (χ1n) is 5.87. The number of anilines is 2. The minimum Gasteiger partial charge on any atom is -0.363 e. The Morgan fingerprint density at radius 1 is 1.25 bits per heavy atom. The summed E-state index contributed by atoms with van der Waals surface area (Å²) in [6.45, 7) is 0. The summed E-state index contributed by atoms with van der Waals surface area (Å²) in [6.07, 6.45) is 0. The van der Waals surface area contributed by atoms with E-state index in [0.717, 1.165) is 9.26 Å². The van der Waals surface area contributed by atoms with Crippen LogP contribution in [0.2, 0.25) is 5.15 Å². The van der Waals surface area contributed by atoms with Crippen molar-refractivity contribution in [2.45, 2.75) is 0 Å². The van der Waals surface area contributed by atoms with E-state index in [1.807, 2.05) is 38.4 Å². The van der Waals surface area contributed by atoms with E-state index in [9.17, 15) is 4.79 Å². The molecule has 0 atom stereocenters. The first kappa shape index (κ1) is 15.1. The van der Waals surface area contributed by atoms with Crippen LogP contribution in [-0.4, -0.2) is 25.0 Å². The Morgan fingerprint density at radius 3 is 2.50 bits per heavy atom. The molecule has 0 saturated heterocycles. The van der Waals surface area contributed by atoms with Crippen molar-refractivity contribution < 1.29 is 4.79 Å². The topological polar surface area (TPSA) is 45.2 Å². The maximum absolute atomic E-state index is 12.2. The predicted molar refractivity (Wildman–Crippen MR) is 90.7 cm³/mol. The number of nitrogens with one attached hydrogen (secondary N) is 1. The molecule has 2 rings (SSSR count). The molecule has 0 aliphatic carbocycles. The molecule has 1 aromatic carbocycles.